The Morgan fingerprint density at radius 1 is 1.37 bits per heavy atom. The van der Waals surface area contributed by atoms with Crippen molar-refractivity contribution in [3.63, 3.8) is 0 Å². The molecule has 0 bridgehead atoms. The highest BCUT2D eigenvalue weighted by Gasteiger charge is 2.19. The van der Waals surface area contributed by atoms with Gasteiger partial charge in [-0.1, -0.05) is 6.07 Å². The van der Waals surface area contributed by atoms with E-state index in [1.807, 2.05) is 0 Å². The van der Waals surface area contributed by atoms with Crippen LogP contribution in [0.25, 0.3) is 0 Å². The van der Waals surface area contributed by atoms with Crippen molar-refractivity contribution in [3.8, 4) is 0 Å². The van der Waals surface area contributed by atoms with Crippen molar-refractivity contribution in [2.75, 3.05) is 53.5 Å². The van der Waals surface area contributed by atoms with Gasteiger partial charge in [-0.25, -0.2) is 13.1 Å². The maximum absolute atomic E-state index is 12.1. The van der Waals surface area contributed by atoms with E-state index in [-0.39, 0.29) is 0 Å². The smallest absolute Gasteiger partial charge is 0.250 e. The zero-order valence-electron chi connectivity index (χ0n) is 16.1. The summed E-state index contributed by atoms with van der Waals surface area (Å²) in [6, 6.07) is 3.71. The van der Waals surface area contributed by atoms with Gasteiger partial charge in [-0.05, 0) is 30.7 Å². The molecule has 3 N–H and O–H groups in total. The number of nitrogens with one attached hydrogen (secondary N) is 3. The number of ether oxygens (including phenoxy) is 1. The summed E-state index contributed by atoms with van der Waals surface area (Å²) in [4.78, 5) is 6.70. The van der Waals surface area contributed by atoms with Crippen LogP contribution >= 0.6 is 11.3 Å². The molecule has 10 heteroatoms. The minimum atomic E-state index is -3.41. The Bertz CT molecular complexity index is 656. The predicted octanol–water partition coefficient (Wildman–Crippen LogP) is 0.692. The summed E-state index contributed by atoms with van der Waals surface area (Å²) in [7, 11) is 0.0543. The first-order valence-corrected chi connectivity index (χ1v) is 11.6. The number of rotatable bonds is 10. The average molecular weight is 418 g/mol. The van der Waals surface area contributed by atoms with Gasteiger partial charge >= 0.3 is 0 Å². The summed E-state index contributed by atoms with van der Waals surface area (Å²) >= 11 is 1.21. The molecular formula is C17H31N5O3S2. The largest absolute Gasteiger partial charge is 0.385 e. The highest BCUT2D eigenvalue weighted by atomic mass is 32.2. The van der Waals surface area contributed by atoms with Crippen molar-refractivity contribution in [2.45, 2.75) is 29.5 Å². The van der Waals surface area contributed by atoms with E-state index in [0.29, 0.717) is 29.3 Å². The van der Waals surface area contributed by atoms with Crippen LogP contribution in [0.5, 0.6) is 0 Å². The van der Waals surface area contributed by atoms with Gasteiger partial charge in [0.05, 0.1) is 0 Å². The Balaban J connectivity index is 1.64. The number of hydrogen-bond acceptors (Lipinski definition) is 6. The van der Waals surface area contributed by atoms with Crippen LogP contribution < -0.4 is 15.4 Å². The van der Waals surface area contributed by atoms with E-state index in [4.69, 9.17) is 4.74 Å². The number of aliphatic imine (C=N–C) groups is 1. The van der Waals surface area contributed by atoms with Gasteiger partial charge in [0.15, 0.2) is 5.96 Å². The maximum atomic E-state index is 12.1. The number of methoxy groups -OCH3 is 1. The zero-order chi connectivity index (χ0) is 19.5. The molecule has 0 aliphatic carbocycles. The summed E-state index contributed by atoms with van der Waals surface area (Å²) in [6.45, 7) is 4.81. The van der Waals surface area contributed by atoms with E-state index in [1.54, 1.807) is 31.7 Å². The quantitative estimate of drug-likeness (QED) is 0.295. The van der Waals surface area contributed by atoms with Gasteiger partial charge in [-0.3, -0.25) is 4.99 Å². The molecule has 1 aliphatic heterocycles. The van der Waals surface area contributed by atoms with Crippen LogP contribution in [0.2, 0.25) is 0 Å². The first-order valence-electron chi connectivity index (χ1n) is 9.27. The molecule has 0 atom stereocenters. The lowest BCUT2D eigenvalue weighted by Gasteiger charge is -2.33. The van der Waals surface area contributed by atoms with Crippen molar-refractivity contribution in [1.29, 1.82) is 0 Å². The molecule has 154 valence electrons. The molecular weight excluding hydrogens is 386 g/mol. The summed E-state index contributed by atoms with van der Waals surface area (Å²) in [5, 5.41) is 8.36. The minimum Gasteiger partial charge on any atom is -0.385 e. The van der Waals surface area contributed by atoms with Gasteiger partial charge in [-0.2, -0.15) is 0 Å². The van der Waals surface area contributed by atoms with E-state index in [1.165, 1.54) is 11.3 Å². The van der Waals surface area contributed by atoms with Crippen molar-refractivity contribution in [2.24, 2.45) is 4.99 Å². The van der Waals surface area contributed by atoms with Gasteiger partial charge in [0.2, 0.25) is 10.0 Å². The Morgan fingerprint density at radius 3 is 2.78 bits per heavy atom. The van der Waals surface area contributed by atoms with Crippen LogP contribution in [0, 0.1) is 0 Å². The van der Waals surface area contributed by atoms with Gasteiger partial charge < -0.3 is 20.3 Å². The Kier molecular flexibility index (Phi) is 9.49. The van der Waals surface area contributed by atoms with E-state index >= 15 is 0 Å². The first kappa shape index (κ1) is 22.1. The van der Waals surface area contributed by atoms with E-state index in [0.717, 1.165) is 45.5 Å². The van der Waals surface area contributed by atoms with Crippen LogP contribution in [-0.4, -0.2) is 78.8 Å². The van der Waals surface area contributed by atoms with Crippen molar-refractivity contribution in [3.05, 3.63) is 17.5 Å². The maximum Gasteiger partial charge on any atom is 0.250 e. The first-order chi connectivity index (χ1) is 13.0. The molecule has 1 aromatic heterocycles. The summed E-state index contributed by atoms with van der Waals surface area (Å²) < 4.78 is 32.2. The number of piperidine rings is 1. The molecule has 0 aromatic carbocycles. The third-order valence-electron chi connectivity index (χ3n) is 4.44. The van der Waals surface area contributed by atoms with Gasteiger partial charge in [-0.15, -0.1) is 11.3 Å². The van der Waals surface area contributed by atoms with Crippen LogP contribution in [-0.2, 0) is 14.8 Å². The SMILES string of the molecule is CN=C(NCCNS(=O)(=O)c1cccs1)NC1CCN(CCCOC)CC1. The van der Waals surface area contributed by atoms with Crippen molar-refractivity contribution < 1.29 is 13.2 Å². The molecule has 2 rings (SSSR count). The molecule has 27 heavy (non-hydrogen) atoms. The normalized spacial score (nSPS) is 17.2. The molecule has 1 aliphatic rings. The van der Waals surface area contributed by atoms with Gasteiger partial charge in [0.25, 0.3) is 0 Å². The highest BCUT2D eigenvalue weighted by molar-refractivity contribution is 7.91. The van der Waals surface area contributed by atoms with Crippen molar-refractivity contribution in [1.82, 2.24) is 20.3 Å². The summed E-state index contributed by atoms with van der Waals surface area (Å²) in [5.74, 6) is 0.711. The van der Waals surface area contributed by atoms with Crippen molar-refractivity contribution >= 4 is 27.3 Å². The third kappa shape index (κ3) is 7.74. The monoisotopic (exact) mass is 417 g/mol. The number of guanidine groups is 1. The predicted molar refractivity (Wildman–Crippen MR) is 110 cm³/mol. The molecule has 1 fully saturated rings. The highest BCUT2D eigenvalue weighted by Crippen LogP contribution is 2.14. The number of hydrogen-bond donors (Lipinski definition) is 3. The second-order valence-corrected chi connectivity index (χ2v) is 9.38. The standard InChI is InChI=1S/C17H31N5O3S2/c1-18-17(19-8-9-20-27(23,24)16-5-3-14-26-16)21-15-6-11-22(12-7-15)10-4-13-25-2/h3,5,14-15,20H,4,6-13H2,1-2H3,(H2,18,19,21). The van der Waals surface area contributed by atoms with E-state index < -0.39 is 10.0 Å². The number of thiophene rings is 1. The fraction of sp³-hybridized carbons (Fsp3) is 0.706. The summed E-state index contributed by atoms with van der Waals surface area (Å²) in [6.07, 6.45) is 3.20. The summed E-state index contributed by atoms with van der Waals surface area (Å²) in [5.41, 5.74) is 0. The van der Waals surface area contributed by atoms with Crippen LogP contribution in [0.3, 0.4) is 0 Å². The van der Waals surface area contributed by atoms with Gasteiger partial charge in [0.1, 0.15) is 4.21 Å². The van der Waals surface area contributed by atoms with E-state index in [2.05, 4.69) is 25.2 Å². The third-order valence-corrected chi connectivity index (χ3v) is 7.30. The molecule has 1 aromatic rings. The molecule has 0 radical (unpaired) electrons. The number of nitrogens with zero attached hydrogens (tertiary/aromatic N) is 2. The fourth-order valence-electron chi connectivity index (χ4n) is 2.98. The van der Waals surface area contributed by atoms with Crippen LogP contribution in [0.1, 0.15) is 19.3 Å². The van der Waals surface area contributed by atoms with E-state index in [9.17, 15) is 8.42 Å². The molecule has 0 unspecified atom stereocenters. The molecule has 0 spiro atoms. The number of sulfonamides is 1. The minimum absolute atomic E-state index is 0.304. The lowest BCUT2D eigenvalue weighted by Crippen LogP contribution is -2.49. The Hall–Kier alpha value is -1.20. The Morgan fingerprint density at radius 2 is 2.15 bits per heavy atom. The zero-order valence-corrected chi connectivity index (χ0v) is 17.7. The average Bonchev–Trinajstić information content (AvgIpc) is 3.21. The second-order valence-electron chi connectivity index (χ2n) is 6.44. The van der Waals surface area contributed by atoms with Crippen LogP contribution in [0.4, 0.5) is 0 Å². The molecule has 2 heterocycles. The molecule has 0 saturated carbocycles. The molecule has 8 nitrogen and oxygen atoms in total. The van der Waals surface area contributed by atoms with Gasteiger partial charge in [0, 0.05) is 59.5 Å². The molecule has 1 saturated heterocycles. The Labute approximate surface area is 166 Å². The fourth-order valence-corrected chi connectivity index (χ4v) is 5.04. The lowest BCUT2D eigenvalue weighted by molar-refractivity contribution is 0.155. The topological polar surface area (TPSA) is 95.1 Å². The van der Waals surface area contributed by atoms with Crippen LogP contribution in [0.15, 0.2) is 26.7 Å². The molecule has 0 amide bonds. The lowest BCUT2D eigenvalue weighted by atomic mass is 10.1. The second kappa shape index (κ2) is 11.6. The number of likely N-dealkylation sites (tertiary alicyclic amines) is 1.